The summed E-state index contributed by atoms with van der Waals surface area (Å²) in [7, 11) is 2.06. The lowest BCUT2D eigenvalue weighted by molar-refractivity contribution is -0.644. The number of nitrogens with zero attached hydrogens (tertiary/aromatic N) is 2. The minimum Gasteiger partial charge on any atom is -0.233 e. The zero-order valence-electron chi connectivity index (χ0n) is 6.78. The number of imidazole rings is 1. The van der Waals surface area contributed by atoms with Crippen LogP contribution in [0, 0.1) is 6.92 Å². The Balaban J connectivity index is 2.96. The van der Waals surface area contributed by atoms with Gasteiger partial charge in [0.05, 0.1) is 13.2 Å². The van der Waals surface area contributed by atoms with E-state index >= 15 is 0 Å². The van der Waals surface area contributed by atoms with Crippen LogP contribution < -0.4 is 4.57 Å². The molecule has 0 amide bonds. The van der Waals surface area contributed by atoms with Gasteiger partial charge in [-0.2, -0.15) is 0 Å². The smallest absolute Gasteiger partial charge is 0.233 e. The van der Waals surface area contributed by atoms with E-state index in [1.54, 1.807) is 0 Å². The summed E-state index contributed by atoms with van der Waals surface area (Å²) in [6.45, 7) is 2.12. The fraction of sp³-hybridized carbons (Fsp3) is 0.222. The molecule has 0 saturated heterocycles. The zero-order chi connectivity index (χ0) is 7.84. The molecule has 0 aliphatic rings. The highest BCUT2D eigenvalue weighted by molar-refractivity contribution is 5.41. The fourth-order valence-corrected chi connectivity index (χ4v) is 1.45. The molecule has 0 saturated carbocycles. The van der Waals surface area contributed by atoms with Gasteiger partial charge in [-0.3, -0.25) is 0 Å². The topological polar surface area (TPSA) is 8.29 Å². The van der Waals surface area contributed by atoms with Gasteiger partial charge >= 0.3 is 0 Å². The normalized spacial score (nSPS) is 10.7. The Kier molecular flexibility index (Phi) is 1.22. The van der Waals surface area contributed by atoms with Crippen molar-refractivity contribution in [2.45, 2.75) is 6.92 Å². The monoisotopic (exact) mass is 147 g/mol. The third kappa shape index (κ3) is 0.827. The van der Waals surface area contributed by atoms with E-state index in [1.165, 1.54) is 11.2 Å². The fourth-order valence-electron chi connectivity index (χ4n) is 1.45. The summed E-state index contributed by atoms with van der Waals surface area (Å²) in [6.07, 6.45) is 6.17. The van der Waals surface area contributed by atoms with Gasteiger partial charge in [0.25, 0.3) is 5.65 Å². The molecule has 2 heteroatoms. The third-order valence-electron chi connectivity index (χ3n) is 1.98. The molecular formula is C9H11N2+. The maximum atomic E-state index is 2.12. The molecule has 0 aliphatic carbocycles. The van der Waals surface area contributed by atoms with Gasteiger partial charge in [-0.25, -0.2) is 8.97 Å². The van der Waals surface area contributed by atoms with E-state index in [2.05, 4.69) is 53.7 Å². The Labute approximate surface area is 65.7 Å². The molecule has 0 bridgehead atoms. The predicted molar refractivity (Wildman–Crippen MR) is 43.3 cm³/mol. The molecule has 2 heterocycles. The summed E-state index contributed by atoms with van der Waals surface area (Å²) in [5, 5.41) is 0. The Morgan fingerprint density at radius 3 is 2.91 bits per heavy atom. The Hall–Kier alpha value is -1.31. The molecule has 0 spiro atoms. The second-order valence-corrected chi connectivity index (χ2v) is 2.83. The third-order valence-corrected chi connectivity index (χ3v) is 1.98. The number of aryl methyl sites for hydroxylation is 2. The van der Waals surface area contributed by atoms with E-state index in [1.807, 2.05) is 0 Å². The van der Waals surface area contributed by atoms with Gasteiger partial charge in [0.15, 0.2) is 0 Å². The van der Waals surface area contributed by atoms with Crippen molar-refractivity contribution in [3.8, 4) is 0 Å². The lowest BCUT2D eigenvalue weighted by atomic mass is 10.3. The van der Waals surface area contributed by atoms with Crippen molar-refractivity contribution >= 4 is 5.65 Å². The standard InChI is InChI=1S/C9H11N2/c1-8-4-3-5-11-7-6-10(2)9(8)11/h3-7H,1-2H3/q+1. The lowest BCUT2D eigenvalue weighted by Crippen LogP contribution is -2.26. The molecule has 0 aliphatic heterocycles. The minimum atomic E-state index is 1.26. The van der Waals surface area contributed by atoms with E-state index in [-0.39, 0.29) is 0 Å². The molecule has 2 rings (SSSR count). The highest BCUT2D eigenvalue weighted by atomic mass is 15.1. The molecular weight excluding hydrogens is 136 g/mol. The minimum absolute atomic E-state index is 1.26. The van der Waals surface area contributed by atoms with Crippen molar-refractivity contribution in [3.05, 3.63) is 36.3 Å². The summed E-state index contributed by atoms with van der Waals surface area (Å²) in [5.41, 5.74) is 2.56. The highest BCUT2D eigenvalue weighted by Gasteiger charge is 2.06. The van der Waals surface area contributed by atoms with Crippen molar-refractivity contribution in [3.63, 3.8) is 0 Å². The van der Waals surface area contributed by atoms with Crippen LogP contribution in [0.2, 0.25) is 0 Å². The van der Waals surface area contributed by atoms with Crippen molar-refractivity contribution in [2.24, 2.45) is 7.05 Å². The second-order valence-electron chi connectivity index (χ2n) is 2.83. The molecule has 56 valence electrons. The number of hydrogen-bond donors (Lipinski definition) is 0. The van der Waals surface area contributed by atoms with Crippen LogP contribution in [0.15, 0.2) is 30.7 Å². The molecule has 2 aromatic heterocycles. The van der Waals surface area contributed by atoms with Gasteiger partial charge in [-0.15, -0.1) is 0 Å². The summed E-state index contributed by atoms with van der Waals surface area (Å²) in [4.78, 5) is 0. The van der Waals surface area contributed by atoms with Gasteiger partial charge in [-0.05, 0) is 19.1 Å². The van der Waals surface area contributed by atoms with E-state index in [9.17, 15) is 0 Å². The van der Waals surface area contributed by atoms with Crippen molar-refractivity contribution in [1.82, 2.24) is 4.40 Å². The average Bonchev–Trinajstić information content (AvgIpc) is 2.34. The van der Waals surface area contributed by atoms with Gasteiger partial charge < -0.3 is 0 Å². The molecule has 2 nitrogen and oxygen atoms in total. The maximum absolute atomic E-state index is 2.12. The van der Waals surface area contributed by atoms with Crippen LogP contribution in [-0.2, 0) is 7.05 Å². The Morgan fingerprint density at radius 2 is 2.18 bits per heavy atom. The molecule has 0 radical (unpaired) electrons. The first-order chi connectivity index (χ1) is 5.29. The largest absolute Gasteiger partial charge is 0.288 e. The quantitative estimate of drug-likeness (QED) is 0.493. The molecule has 0 unspecified atom stereocenters. The number of pyridine rings is 1. The van der Waals surface area contributed by atoms with E-state index < -0.39 is 0 Å². The summed E-state index contributed by atoms with van der Waals surface area (Å²) in [6, 6.07) is 4.18. The first-order valence-corrected chi connectivity index (χ1v) is 3.71. The van der Waals surface area contributed by atoms with Gasteiger partial charge in [0.1, 0.15) is 12.4 Å². The molecule has 0 fully saturated rings. The zero-order valence-corrected chi connectivity index (χ0v) is 6.78. The molecule has 2 aromatic rings. The maximum Gasteiger partial charge on any atom is 0.288 e. The van der Waals surface area contributed by atoms with Crippen molar-refractivity contribution < 1.29 is 4.57 Å². The van der Waals surface area contributed by atoms with Crippen LogP contribution in [0.3, 0.4) is 0 Å². The van der Waals surface area contributed by atoms with Gasteiger partial charge in [-0.1, -0.05) is 0 Å². The molecule has 0 atom stereocenters. The van der Waals surface area contributed by atoms with Crippen LogP contribution in [-0.4, -0.2) is 4.40 Å². The molecule has 11 heavy (non-hydrogen) atoms. The average molecular weight is 147 g/mol. The van der Waals surface area contributed by atoms with Gasteiger partial charge in [0, 0.05) is 5.56 Å². The van der Waals surface area contributed by atoms with Crippen molar-refractivity contribution in [2.75, 3.05) is 0 Å². The molecule has 0 N–H and O–H groups in total. The Bertz CT molecular complexity index is 387. The number of rotatable bonds is 0. The van der Waals surface area contributed by atoms with Crippen LogP contribution in [0.25, 0.3) is 5.65 Å². The van der Waals surface area contributed by atoms with Crippen LogP contribution in [0.4, 0.5) is 0 Å². The number of hydrogen-bond acceptors (Lipinski definition) is 0. The van der Waals surface area contributed by atoms with Crippen molar-refractivity contribution in [1.29, 1.82) is 0 Å². The summed E-state index contributed by atoms with van der Waals surface area (Å²) >= 11 is 0. The van der Waals surface area contributed by atoms with E-state index in [0.717, 1.165) is 0 Å². The first kappa shape index (κ1) is 6.40. The lowest BCUT2D eigenvalue weighted by Gasteiger charge is -1.91. The van der Waals surface area contributed by atoms with Crippen LogP contribution in [0.1, 0.15) is 5.56 Å². The summed E-state index contributed by atoms with van der Waals surface area (Å²) in [5.74, 6) is 0. The second kappa shape index (κ2) is 2.09. The Morgan fingerprint density at radius 1 is 1.36 bits per heavy atom. The number of fused-ring (bicyclic) bond motifs is 1. The van der Waals surface area contributed by atoms with Crippen LogP contribution in [0.5, 0.6) is 0 Å². The first-order valence-electron chi connectivity index (χ1n) is 3.71. The number of aromatic nitrogens is 2. The van der Waals surface area contributed by atoms with Crippen LogP contribution >= 0.6 is 0 Å². The van der Waals surface area contributed by atoms with Gasteiger partial charge in [0.2, 0.25) is 0 Å². The summed E-state index contributed by atoms with van der Waals surface area (Å²) < 4.78 is 4.24. The van der Waals surface area contributed by atoms with E-state index in [0.29, 0.717) is 0 Å². The highest BCUT2D eigenvalue weighted by Crippen LogP contribution is 2.03. The SMILES string of the molecule is Cc1cccn2cc[n+](C)c12. The molecule has 0 aromatic carbocycles. The van der Waals surface area contributed by atoms with E-state index in [4.69, 9.17) is 0 Å². The predicted octanol–water partition coefficient (Wildman–Crippen LogP) is 1.07.